The molecule has 2 amide bonds. The summed E-state index contributed by atoms with van der Waals surface area (Å²) in [7, 11) is 1.93. The zero-order valence-electron chi connectivity index (χ0n) is 17.5. The maximum atomic E-state index is 13.0. The Balaban J connectivity index is 0.000000646. The van der Waals surface area contributed by atoms with Gasteiger partial charge < -0.3 is 14.7 Å². The second-order valence-electron chi connectivity index (χ2n) is 7.84. The Labute approximate surface area is 177 Å². The summed E-state index contributed by atoms with van der Waals surface area (Å²) < 4.78 is 2.01. The van der Waals surface area contributed by atoms with E-state index >= 15 is 0 Å². The lowest BCUT2D eigenvalue weighted by atomic mass is 9.96. The van der Waals surface area contributed by atoms with Gasteiger partial charge in [0.25, 0.3) is 11.8 Å². The van der Waals surface area contributed by atoms with Gasteiger partial charge in [-0.25, -0.2) is 10.9 Å². The average molecular weight is 414 g/mol. The number of para-hydroxylation sites is 1. The van der Waals surface area contributed by atoms with Crippen molar-refractivity contribution in [3.8, 4) is 5.75 Å². The van der Waals surface area contributed by atoms with Gasteiger partial charge in [0.1, 0.15) is 5.75 Å². The van der Waals surface area contributed by atoms with Crippen LogP contribution in [0.4, 0.5) is 0 Å². The summed E-state index contributed by atoms with van der Waals surface area (Å²) in [5, 5.41) is 13.6. The lowest BCUT2D eigenvalue weighted by molar-refractivity contribution is 0.0655. The Morgan fingerprint density at radius 2 is 1.61 bits per heavy atom. The van der Waals surface area contributed by atoms with Crippen LogP contribution in [0, 0.1) is 0 Å². The van der Waals surface area contributed by atoms with E-state index in [2.05, 4.69) is 18.8 Å². The van der Waals surface area contributed by atoms with Gasteiger partial charge in [-0.05, 0) is 24.3 Å². The number of aryl methyl sites for hydroxylation is 1. The molecule has 3 aromatic carbocycles. The van der Waals surface area contributed by atoms with E-state index in [1.165, 1.54) is 6.42 Å². The predicted octanol–water partition coefficient (Wildman–Crippen LogP) is 4.56. The molecule has 0 aliphatic carbocycles. The molecule has 1 aliphatic heterocycles. The van der Waals surface area contributed by atoms with E-state index in [0.29, 0.717) is 26.7 Å². The summed E-state index contributed by atoms with van der Waals surface area (Å²) in [6.45, 7) is 4.25. The van der Waals surface area contributed by atoms with Crippen molar-refractivity contribution in [2.45, 2.75) is 20.3 Å². The van der Waals surface area contributed by atoms with E-state index < -0.39 is 11.8 Å². The Kier molecular flexibility index (Phi) is 4.06. The highest BCUT2D eigenvalue weighted by Gasteiger charge is 2.40. The molecule has 0 spiro atoms. The van der Waals surface area contributed by atoms with E-state index in [1.807, 2.05) is 35.9 Å². The van der Waals surface area contributed by atoms with E-state index in [4.69, 9.17) is 5.84 Å². The van der Waals surface area contributed by atoms with Crippen LogP contribution in [0.1, 0.15) is 41.0 Å². The highest BCUT2D eigenvalue weighted by atomic mass is 16.3. The summed E-state index contributed by atoms with van der Waals surface area (Å²) in [4.78, 5) is 29.3. The van der Waals surface area contributed by atoms with Gasteiger partial charge in [0.05, 0.1) is 22.2 Å². The van der Waals surface area contributed by atoms with Crippen molar-refractivity contribution in [1.29, 1.82) is 0 Å². The highest BCUT2D eigenvalue weighted by molar-refractivity contribution is 6.39. The van der Waals surface area contributed by atoms with Crippen LogP contribution in [-0.4, -0.2) is 31.5 Å². The average Bonchev–Trinajstić information content (AvgIpc) is 3.34. The molecule has 0 fully saturated rings. The number of hydrogen-bond donors (Lipinski definition) is 3. The van der Waals surface area contributed by atoms with Crippen LogP contribution in [0.15, 0.2) is 42.5 Å². The lowest BCUT2D eigenvalue weighted by Crippen LogP contribution is -2.36. The number of imide groups is 1. The number of benzene rings is 3. The number of nitrogens with zero attached hydrogens (tertiary/aromatic N) is 2. The molecule has 3 heterocycles. The zero-order chi connectivity index (χ0) is 22.0. The molecule has 6 rings (SSSR count). The van der Waals surface area contributed by atoms with Crippen molar-refractivity contribution in [2.24, 2.45) is 12.9 Å². The van der Waals surface area contributed by atoms with E-state index in [1.54, 1.807) is 18.2 Å². The zero-order valence-corrected chi connectivity index (χ0v) is 17.5. The van der Waals surface area contributed by atoms with Gasteiger partial charge in [-0.15, -0.1) is 0 Å². The number of nitrogens with one attached hydrogen (secondary N) is 1. The number of carbonyl (C=O) groups excluding carboxylic acids is 2. The summed E-state index contributed by atoms with van der Waals surface area (Å²) in [5.41, 5.74) is 3.87. The molecule has 0 saturated heterocycles. The van der Waals surface area contributed by atoms with Crippen LogP contribution >= 0.6 is 0 Å². The minimum atomic E-state index is -0.538. The van der Waals surface area contributed by atoms with Gasteiger partial charge >= 0.3 is 0 Å². The Morgan fingerprint density at radius 3 is 2.32 bits per heavy atom. The fourth-order valence-electron chi connectivity index (χ4n) is 4.57. The van der Waals surface area contributed by atoms with Crippen LogP contribution in [0.5, 0.6) is 5.75 Å². The quantitative estimate of drug-likeness (QED) is 0.196. The van der Waals surface area contributed by atoms with Gasteiger partial charge in [0, 0.05) is 39.6 Å². The molecule has 0 saturated carbocycles. The Morgan fingerprint density at radius 1 is 0.968 bits per heavy atom. The maximum Gasteiger partial charge on any atom is 0.276 e. The molecule has 4 N–H and O–H groups in total. The number of fused-ring (bicyclic) bond motifs is 10. The molecule has 31 heavy (non-hydrogen) atoms. The molecule has 7 heteroatoms. The molecule has 1 aliphatic rings. The van der Waals surface area contributed by atoms with Crippen molar-refractivity contribution in [1.82, 2.24) is 14.6 Å². The fourth-order valence-corrected chi connectivity index (χ4v) is 4.57. The van der Waals surface area contributed by atoms with Crippen LogP contribution in [-0.2, 0) is 7.05 Å². The topological polar surface area (TPSA) is 104 Å². The van der Waals surface area contributed by atoms with E-state index in [0.717, 1.165) is 27.5 Å². The summed E-state index contributed by atoms with van der Waals surface area (Å²) >= 11 is 0. The van der Waals surface area contributed by atoms with Crippen LogP contribution in [0.25, 0.3) is 43.6 Å². The maximum absolute atomic E-state index is 13.0. The smallest absolute Gasteiger partial charge is 0.276 e. The summed E-state index contributed by atoms with van der Waals surface area (Å²) in [5.74, 6) is 4.85. The van der Waals surface area contributed by atoms with Crippen molar-refractivity contribution in [3.63, 3.8) is 0 Å². The number of rotatable bonds is 0. The number of aromatic amines is 1. The molecular formula is C24H22N4O3. The summed E-state index contributed by atoms with van der Waals surface area (Å²) in [6.07, 6.45) is 1.25. The molecule has 2 aromatic heterocycles. The molecule has 7 nitrogen and oxygen atoms in total. The number of phenols is 1. The highest BCUT2D eigenvalue weighted by Crippen LogP contribution is 2.44. The van der Waals surface area contributed by atoms with E-state index in [-0.39, 0.29) is 11.3 Å². The number of amides is 2. The van der Waals surface area contributed by atoms with Gasteiger partial charge in [-0.2, -0.15) is 0 Å². The van der Waals surface area contributed by atoms with Crippen LogP contribution in [0.3, 0.4) is 0 Å². The molecule has 0 bridgehead atoms. The van der Waals surface area contributed by atoms with Crippen molar-refractivity contribution >= 4 is 55.4 Å². The second-order valence-corrected chi connectivity index (χ2v) is 7.84. The largest absolute Gasteiger partial charge is 0.508 e. The molecule has 0 unspecified atom stereocenters. The first-order valence-electron chi connectivity index (χ1n) is 10.2. The number of phenolic OH excluding ortho intramolecular Hbond substituents is 1. The molecule has 156 valence electrons. The number of nitrogens with two attached hydrogens (primary N) is 1. The van der Waals surface area contributed by atoms with Crippen molar-refractivity contribution in [3.05, 3.63) is 53.6 Å². The van der Waals surface area contributed by atoms with Gasteiger partial charge in [0.15, 0.2) is 0 Å². The van der Waals surface area contributed by atoms with Crippen molar-refractivity contribution < 1.29 is 14.7 Å². The number of carbonyl (C=O) groups is 2. The van der Waals surface area contributed by atoms with Crippen LogP contribution in [0.2, 0.25) is 0 Å². The monoisotopic (exact) mass is 414 g/mol. The van der Waals surface area contributed by atoms with Crippen molar-refractivity contribution in [2.75, 3.05) is 0 Å². The molecule has 0 atom stereocenters. The lowest BCUT2D eigenvalue weighted by Gasteiger charge is -2.04. The number of hydrogen-bond acceptors (Lipinski definition) is 4. The third-order valence-electron chi connectivity index (χ3n) is 5.74. The third kappa shape index (κ3) is 2.38. The third-order valence-corrected chi connectivity index (χ3v) is 5.74. The number of aromatic nitrogens is 2. The Hall–Kier alpha value is -3.84. The molecule has 5 aromatic rings. The first-order valence-corrected chi connectivity index (χ1v) is 10.2. The van der Waals surface area contributed by atoms with Gasteiger partial charge in [-0.3, -0.25) is 9.59 Å². The fraction of sp³-hybridized carbons (Fsp3) is 0.167. The number of hydrazine groups is 1. The minimum absolute atomic E-state index is 0.0840. The first kappa shape index (κ1) is 19.1. The first-order chi connectivity index (χ1) is 14.9. The SMILES string of the molecule is CCC.Cn1c2ccccc2c2c3c(c4c5cc(O)ccc5[nH]c4c21)C(=O)N(N)C3=O. The Bertz CT molecular complexity index is 1560. The normalized spacial score (nSPS) is 13.5. The minimum Gasteiger partial charge on any atom is -0.508 e. The number of aromatic hydroxyl groups is 1. The molecule has 0 radical (unpaired) electrons. The van der Waals surface area contributed by atoms with Gasteiger partial charge in [-0.1, -0.05) is 38.5 Å². The standard InChI is InChI=1S/C21H14N4O3.C3H8/c1-24-13-5-3-2-4-10(13)15-17-16(20(27)25(22)21(17)28)14-11-8-9(26)6-7-12(11)23-18(14)19(15)24;1-3-2/h2-8,23,26H,22H2,1H3;3H2,1-2H3. The van der Waals surface area contributed by atoms with E-state index in [9.17, 15) is 14.7 Å². The number of H-pyrrole nitrogens is 1. The second kappa shape index (κ2) is 6.58. The predicted molar refractivity (Wildman–Crippen MR) is 122 cm³/mol. The molecular weight excluding hydrogens is 392 g/mol. The van der Waals surface area contributed by atoms with Crippen LogP contribution < -0.4 is 5.84 Å². The summed E-state index contributed by atoms with van der Waals surface area (Å²) in [6, 6.07) is 12.7. The van der Waals surface area contributed by atoms with Gasteiger partial charge in [0.2, 0.25) is 0 Å².